The highest BCUT2D eigenvalue weighted by atomic mass is 31.2. The fourth-order valence-electron chi connectivity index (χ4n) is 9.35. The Bertz CT molecular complexity index is 1620. The van der Waals surface area contributed by atoms with Gasteiger partial charge in [0.1, 0.15) is 19.3 Å². The van der Waals surface area contributed by atoms with Crippen molar-refractivity contribution in [3.8, 4) is 0 Å². The summed E-state index contributed by atoms with van der Waals surface area (Å²) in [5, 5.41) is 10.5. The molecule has 0 saturated carbocycles. The highest BCUT2D eigenvalue weighted by Gasteiger charge is 2.30. The van der Waals surface area contributed by atoms with Gasteiger partial charge in [0.15, 0.2) is 12.2 Å². The molecule has 0 heterocycles. The van der Waals surface area contributed by atoms with E-state index in [0.29, 0.717) is 25.7 Å². The molecule has 2 unspecified atom stereocenters. The van der Waals surface area contributed by atoms with Crippen LogP contribution in [0.1, 0.15) is 311 Å². The number of unbranched alkanes of at least 4 members (excludes halogenated alkanes) is 32. The van der Waals surface area contributed by atoms with Crippen molar-refractivity contribution >= 4 is 39.5 Å². The van der Waals surface area contributed by atoms with Crippen molar-refractivity contribution in [2.45, 2.75) is 330 Å². The molecule has 486 valence electrons. The Morgan fingerprint density at radius 1 is 0.329 bits per heavy atom. The first-order chi connectivity index (χ1) is 39.4. The Hall–Kier alpha value is -1.94. The molecule has 3 N–H and O–H groups in total. The van der Waals surface area contributed by atoms with Gasteiger partial charge in [-0.05, 0) is 37.5 Å². The molecule has 0 rings (SSSR count). The molecule has 0 aliphatic carbocycles. The number of ether oxygens (including phenoxy) is 4. The molecule has 19 heteroatoms. The lowest BCUT2D eigenvalue weighted by Crippen LogP contribution is -2.30. The highest BCUT2D eigenvalue weighted by molar-refractivity contribution is 7.47. The van der Waals surface area contributed by atoms with E-state index in [1.54, 1.807) is 0 Å². The number of rotatable bonds is 62. The molecule has 0 amide bonds. The Balaban J connectivity index is 5.17. The maximum Gasteiger partial charge on any atom is 0.472 e. The van der Waals surface area contributed by atoms with Crippen molar-refractivity contribution in [1.29, 1.82) is 0 Å². The van der Waals surface area contributed by atoms with Gasteiger partial charge < -0.3 is 33.8 Å². The molecule has 5 atom stereocenters. The first kappa shape index (κ1) is 80.1. The predicted molar refractivity (Wildman–Crippen MR) is 326 cm³/mol. The van der Waals surface area contributed by atoms with Crippen LogP contribution in [0.3, 0.4) is 0 Å². The number of phosphoric acid groups is 2. The van der Waals surface area contributed by atoms with Crippen LogP contribution in [-0.2, 0) is 65.4 Å². The molecule has 0 bridgehead atoms. The number of phosphoric ester groups is 2. The molecule has 0 aromatic heterocycles. The minimum Gasteiger partial charge on any atom is -0.462 e. The Labute approximate surface area is 498 Å². The maximum atomic E-state index is 13.0. The van der Waals surface area contributed by atoms with E-state index in [-0.39, 0.29) is 25.7 Å². The van der Waals surface area contributed by atoms with Gasteiger partial charge in [-0.15, -0.1) is 0 Å². The number of hydrogen-bond donors (Lipinski definition) is 3. The molecular formula is C63H122O17P2. The normalized spacial score (nSPS) is 14.3. The van der Waals surface area contributed by atoms with E-state index >= 15 is 0 Å². The van der Waals surface area contributed by atoms with E-state index in [1.165, 1.54) is 122 Å². The van der Waals surface area contributed by atoms with Crippen LogP contribution in [0.2, 0.25) is 0 Å². The van der Waals surface area contributed by atoms with Crippen LogP contribution in [0.15, 0.2) is 0 Å². The van der Waals surface area contributed by atoms with Crippen LogP contribution in [-0.4, -0.2) is 96.7 Å². The van der Waals surface area contributed by atoms with Crippen molar-refractivity contribution in [3.63, 3.8) is 0 Å². The van der Waals surface area contributed by atoms with Crippen molar-refractivity contribution in [3.05, 3.63) is 0 Å². The first-order valence-corrected chi connectivity index (χ1v) is 36.0. The Morgan fingerprint density at radius 2 is 0.561 bits per heavy atom. The van der Waals surface area contributed by atoms with Crippen molar-refractivity contribution in [2.75, 3.05) is 39.6 Å². The van der Waals surface area contributed by atoms with Gasteiger partial charge in [0.2, 0.25) is 0 Å². The number of carbonyl (C=O) groups is 4. The number of carbonyl (C=O) groups excluding carboxylic acids is 4. The quantitative estimate of drug-likeness (QED) is 0.0222. The second-order valence-corrected chi connectivity index (χ2v) is 26.7. The summed E-state index contributed by atoms with van der Waals surface area (Å²) in [6, 6.07) is 0. The second kappa shape index (κ2) is 55.6. The third kappa shape index (κ3) is 57.2. The first-order valence-electron chi connectivity index (χ1n) is 33.0. The molecule has 0 aliphatic heterocycles. The minimum atomic E-state index is -4.94. The van der Waals surface area contributed by atoms with Gasteiger partial charge in [-0.3, -0.25) is 37.3 Å². The summed E-state index contributed by atoms with van der Waals surface area (Å²) in [7, 11) is -9.88. The van der Waals surface area contributed by atoms with Crippen LogP contribution < -0.4 is 0 Å². The SMILES string of the molecule is CCCCCCCCCCCCCC(=O)O[C@H](COC(=O)CCCCCCC)COP(=O)(O)OC[C@H](O)COP(=O)(O)OC[C@@H](COC(=O)CCCCCCCCCCC(C)C)OC(=O)CCCCCCCCCCCCCCC(C)C. The van der Waals surface area contributed by atoms with Gasteiger partial charge in [0.25, 0.3) is 0 Å². The van der Waals surface area contributed by atoms with E-state index in [0.717, 1.165) is 108 Å². The largest absolute Gasteiger partial charge is 0.472 e. The molecular weight excluding hydrogens is 1090 g/mol. The average Bonchev–Trinajstić information content (AvgIpc) is 3.44. The third-order valence-corrected chi connectivity index (χ3v) is 16.4. The lowest BCUT2D eigenvalue weighted by Gasteiger charge is -2.21. The van der Waals surface area contributed by atoms with E-state index in [1.807, 2.05) is 0 Å². The number of hydrogen-bond acceptors (Lipinski definition) is 15. The zero-order valence-corrected chi connectivity index (χ0v) is 54.6. The van der Waals surface area contributed by atoms with Gasteiger partial charge in [-0.1, -0.05) is 260 Å². The Kier molecular flexibility index (Phi) is 54.3. The van der Waals surface area contributed by atoms with Crippen molar-refractivity contribution in [1.82, 2.24) is 0 Å². The predicted octanol–water partition coefficient (Wildman–Crippen LogP) is 17.3. The average molecular weight is 1210 g/mol. The summed E-state index contributed by atoms with van der Waals surface area (Å²) >= 11 is 0. The fraction of sp³-hybridized carbons (Fsp3) is 0.937. The lowest BCUT2D eigenvalue weighted by atomic mass is 10.0. The summed E-state index contributed by atoms with van der Waals surface area (Å²) in [5.41, 5.74) is 0. The van der Waals surface area contributed by atoms with E-state index in [9.17, 15) is 43.2 Å². The van der Waals surface area contributed by atoms with Gasteiger partial charge in [0.05, 0.1) is 26.4 Å². The van der Waals surface area contributed by atoms with Gasteiger partial charge >= 0.3 is 39.5 Å². The van der Waals surface area contributed by atoms with Crippen LogP contribution in [0.4, 0.5) is 0 Å². The number of aliphatic hydroxyl groups excluding tert-OH is 1. The van der Waals surface area contributed by atoms with Gasteiger partial charge in [0, 0.05) is 25.7 Å². The van der Waals surface area contributed by atoms with Crippen LogP contribution in [0.5, 0.6) is 0 Å². The molecule has 17 nitrogen and oxygen atoms in total. The number of esters is 4. The topological polar surface area (TPSA) is 237 Å². The highest BCUT2D eigenvalue weighted by Crippen LogP contribution is 2.45. The summed E-state index contributed by atoms with van der Waals surface area (Å²) in [6.07, 6.45) is 37.9. The van der Waals surface area contributed by atoms with E-state index in [4.69, 9.17) is 37.0 Å². The molecule has 0 aromatic carbocycles. The van der Waals surface area contributed by atoms with Crippen molar-refractivity contribution < 1.29 is 80.2 Å². The van der Waals surface area contributed by atoms with E-state index in [2.05, 4.69) is 41.5 Å². The van der Waals surface area contributed by atoms with Gasteiger partial charge in [-0.25, -0.2) is 9.13 Å². The molecule has 0 aromatic rings. The summed E-state index contributed by atoms with van der Waals surface area (Å²) < 4.78 is 67.8. The summed E-state index contributed by atoms with van der Waals surface area (Å²) in [5.74, 6) is -0.642. The maximum absolute atomic E-state index is 13.0. The smallest absolute Gasteiger partial charge is 0.462 e. The molecule has 0 aliphatic rings. The third-order valence-electron chi connectivity index (χ3n) is 14.5. The zero-order valence-electron chi connectivity index (χ0n) is 52.8. The fourth-order valence-corrected chi connectivity index (χ4v) is 10.9. The minimum absolute atomic E-state index is 0.106. The number of aliphatic hydroxyl groups is 1. The lowest BCUT2D eigenvalue weighted by molar-refractivity contribution is -0.161. The summed E-state index contributed by atoms with van der Waals surface area (Å²) in [4.78, 5) is 71.9. The Morgan fingerprint density at radius 3 is 0.829 bits per heavy atom. The van der Waals surface area contributed by atoms with E-state index < -0.39 is 97.5 Å². The second-order valence-electron chi connectivity index (χ2n) is 23.7. The molecule has 0 spiro atoms. The standard InChI is InChI=1S/C63H122O17P2/c1-7-9-11-13-14-15-18-22-29-35-41-47-62(67)79-58(51-73-60(65)45-39-31-12-10-8-2)53-77-81(69,70)75-49-57(64)50-76-82(71,72)78-54-59(52-74-61(66)46-40-34-28-25-24-27-33-38-44-56(5)6)80-63(68)48-42-36-30-23-20-17-16-19-21-26-32-37-43-55(3)4/h55-59,64H,7-54H2,1-6H3,(H,69,70)(H,71,72)/t57-,58+,59+/m0/s1. The van der Waals surface area contributed by atoms with Gasteiger partial charge in [-0.2, -0.15) is 0 Å². The van der Waals surface area contributed by atoms with Crippen LogP contribution in [0.25, 0.3) is 0 Å². The zero-order chi connectivity index (χ0) is 60.8. The van der Waals surface area contributed by atoms with Crippen LogP contribution in [0, 0.1) is 11.8 Å². The summed E-state index contributed by atoms with van der Waals surface area (Å²) in [6.45, 7) is 9.37. The monoisotopic (exact) mass is 1210 g/mol. The molecule has 0 radical (unpaired) electrons. The van der Waals surface area contributed by atoms with Crippen molar-refractivity contribution in [2.24, 2.45) is 11.8 Å². The molecule has 0 saturated heterocycles. The molecule has 82 heavy (non-hydrogen) atoms. The molecule has 0 fully saturated rings. The van der Waals surface area contributed by atoms with Crippen LogP contribution >= 0.6 is 15.6 Å².